The van der Waals surface area contributed by atoms with Gasteiger partial charge in [-0.2, -0.15) is 0 Å². The molecule has 0 aliphatic rings. The van der Waals surface area contributed by atoms with E-state index in [4.69, 9.17) is 11.6 Å². The van der Waals surface area contributed by atoms with E-state index in [0.717, 1.165) is 17.8 Å². The second-order valence-corrected chi connectivity index (χ2v) is 4.36. The standard InChI is InChI=1S/C15H15ClN2/c1-2-7-15(14-10-5-6-11-17-14)18-13-9-4-3-8-12(13)16/h2-6,8-11,15,18H,1,7H2. The van der Waals surface area contributed by atoms with Crippen molar-refractivity contribution in [1.29, 1.82) is 0 Å². The van der Waals surface area contributed by atoms with E-state index in [-0.39, 0.29) is 6.04 Å². The third-order valence-corrected chi connectivity index (χ3v) is 2.98. The maximum absolute atomic E-state index is 6.15. The van der Waals surface area contributed by atoms with Crippen LogP contribution in [0.1, 0.15) is 18.2 Å². The summed E-state index contributed by atoms with van der Waals surface area (Å²) in [5.74, 6) is 0. The van der Waals surface area contributed by atoms with Crippen LogP contribution in [0.2, 0.25) is 5.02 Å². The quantitative estimate of drug-likeness (QED) is 0.801. The molecule has 18 heavy (non-hydrogen) atoms. The SMILES string of the molecule is C=CCC(Nc1ccccc1Cl)c1ccccn1. The lowest BCUT2D eigenvalue weighted by atomic mass is 10.1. The number of aromatic nitrogens is 1. The molecule has 1 atom stereocenters. The predicted molar refractivity (Wildman–Crippen MR) is 76.9 cm³/mol. The van der Waals surface area contributed by atoms with Gasteiger partial charge in [-0.1, -0.05) is 35.9 Å². The number of hydrogen-bond acceptors (Lipinski definition) is 2. The first-order chi connectivity index (χ1) is 8.81. The van der Waals surface area contributed by atoms with Crippen LogP contribution in [0.15, 0.2) is 61.3 Å². The van der Waals surface area contributed by atoms with Gasteiger partial charge in [0.15, 0.2) is 0 Å². The van der Waals surface area contributed by atoms with E-state index in [1.165, 1.54) is 0 Å². The molecule has 3 heteroatoms. The molecule has 0 fully saturated rings. The van der Waals surface area contributed by atoms with Crippen molar-refractivity contribution in [3.63, 3.8) is 0 Å². The molecule has 0 saturated heterocycles. The molecule has 1 aromatic carbocycles. The van der Waals surface area contributed by atoms with Crippen molar-refractivity contribution in [3.8, 4) is 0 Å². The summed E-state index contributed by atoms with van der Waals surface area (Å²) >= 11 is 6.15. The van der Waals surface area contributed by atoms with Crippen LogP contribution < -0.4 is 5.32 Å². The Hall–Kier alpha value is -1.80. The fraction of sp³-hybridized carbons (Fsp3) is 0.133. The van der Waals surface area contributed by atoms with E-state index in [9.17, 15) is 0 Å². The highest BCUT2D eigenvalue weighted by molar-refractivity contribution is 6.33. The van der Waals surface area contributed by atoms with Crippen LogP contribution in [0, 0.1) is 0 Å². The fourth-order valence-electron chi connectivity index (χ4n) is 1.77. The number of nitrogens with zero attached hydrogens (tertiary/aromatic N) is 1. The minimum atomic E-state index is 0.0867. The summed E-state index contributed by atoms with van der Waals surface area (Å²) in [4.78, 5) is 4.37. The maximum atomic E-state index is 6.15. The number of pyridine rings is 1. The highest BCUT2D eigenvalue weighted by atomic mass is 35.5. The van der Waals surface area contributed by atoms with E-state index < -0.39 is 0 Å². The molecule has 1 aromatic heterocycles. The first-order valence-electron chi connectivity index (χ1n) is 5.84. The van der Waals surface area contributed by atoms with Gasteiger partial charge in [0.25, 0.3) is 0 Å². The number of para-hydroxylation sites is 1. The first kappa shape index (κ1) is 12.7. The summed E-state index contributed by atoms with van der Waals surface area (Å²) in [5.41, 5.74) is 1.90. The van der Waals surface area contributed by atoms with Gasteiger partial charge in [0.05, 0.1) is 22.4 Å². The molecule has 0 bridgehead atoms. The summed E-state index contributed by atoms with van der Waals surface area (Å²) in [6, 6.07) is 13.7. The largest absolute Gasteiger partial charge is 0.375 e. The van der Waals surface area contributed by atoms with Gasteiger partial charge in [0, 0.05) is 6.20 Å². The van der Waals surface area contributed by atoms with Gasteiger partial charge in [-0.25, -0.2) is 0 Å². The zero-order valence-electron chi connectivity index (χ0n) is 10.0. The highest BCUT2D eigenvalue weighted by Gasteiger charge is 2.11. The molecule has 2 nitrogen and oxygen atoms in total. The van der Waals surface area contributed by atoms with Gasteiger partial charge in [0.1, 0.15) is 0 Å². The zero-order valence-corrected chi connectivity index (χ0v) is 10.8. The monoisotopic (exact) mass is 258 g/mol. The summed E-state index contributed by atoms with van der Waals surface area (Å²) in [7, 11) is 0. The molecule has 0 aliphatic carbocycles. The van der Waals surface area contributed by atoms with Crippen LogP contribution in [0.3, 0.4) is 0 Å². The van der Waals surface area contributed by atoms with Crippen molar-refractivity contribution in [2.75, 3.05) is 5.32 Å². The number of halogens is 1. The molecule has 0 radical (unpaired) electrons. The van der Waals surface area contributed by atoms with Gasteiger partial charge < -0.3 is 5.32 Å². The third-order valence-electron chi connectivity index (χ3n) is 2.65. The fourth-order valence-corrected chi connectivity index (χ4v) is 1.96. The molecule has 92 valence electrons. The number of anilines is 1. The van der Waals surface area contributed by atoms with Gasteiger partial charge in [-0.05, 0) is 30.7 Å². The van der Waals surface area contributed by atoms with Crippen molar-refractivity contribution in [3.05, 3.63) is 72.0 Å². The molecule has 0 saturated carbocycles. The van der Waals surface area contributed by atoms with Crippen molar-refractivity contribution < 1.29 is 0 Å². The predicted octanol–water partition coefficient (Wildman–Crippen LogP) is 4.46. The second kappa shape index (κ2) is 6.22. The molecule has 1 heterocycles. The number of benzene rings is 1. The van der Waals surface area contributed by atoms with E-state index in [2.05, 4.69) is 16.9 Å². The average molecular weight is 259 g/mol. The Morgan fingerprint density at radius 1 is 1.22 bits per heavy atom. The normalized spacial score (nSPS) is 11.8. The molecule has 1 unspecified atom stereocenters. The third kappa shape index (κ3) is 3.11. The van der Waals surface area contributed by atoms with Crippen LogP contribution in [-0.2, 0) is 0 Å². The van der Waals surface area contributed by atoms with Gasteiger partial charge in [-0.15, -0.1) is 6.58 Å². The number of nitrogens with one attached hydrogen (secondary N) is 1. The summed E-state index contributed by atoms with van der Waals surface area (Å²) in [5, 5.41) is 4.11. The minimum Gasteiger partial charge on any atom is -0.375 e. The topological polar surface area (TPSA) is 24.9 Å². The Labute approximate surface area is 112 Å². The van der Waals surface area contributed by atoms with E-state index in [0.29, 0.717) is 5.02 Å². The maximum Gasteiger partial charge on any atom is 0.0719 e. The number of rotatable bonds is 5. The van der Waals surface area contributed by atoms with Crippen molar-refractivity contribution in [2.24, 2.45) is 0 Å². The smallest absolute Gasteiger partial charge is 0.0719 e. The van der Waals surface area contributed by atoms with Crippen molar-refractivity contribution >= 4 is 17.3 Å². The molecule has 2 aromatic rings. The molecular weight excluding hydrogens is 244 g/mol. The first-order valence-corrected chi connectivity index (χ1v) is 6.22. The lowest BCUT2D eigenvalue weighted by Crippen LogP contribution is -2.11. The lowest BCUT2D eigenvalue weighted by molar-refractivity contribution is 0.766. The second-order valence-electron chi connectivity index (χ2n) is 3.96. The van der Waals surface area contributed by atoms with Crippen LogP contribution in [0.25, 0.3) is 0 Å². The molecule has 1 N–H and O–H groups in total. The van der Waals surface area contributed by atoms with Gasteiger partial charge >= 0.3 is 0 Å². The lowest BCUT2D eigenvalue weighted by Gasteiger charge is -2.18. The van der Waals surface area contributed by atoms with Gasteiger partial charge in [-0.3, -0.25) is 4.98 Å². The summed E-state index contributed by atoms with van der Waals surface area (Å²) in [6.07, 6.45) is 4.46. The van der Waals surface area contributed by atoms with Crippen LogP contribution in [0.4, 0.5) is 5.69 Å². The molecule has 2 rings (SSSR count). The molecular formula is C15H15ClN2. The Morgan fingerprint density at radius 3 is 2.67 bits per heavy atom. The molecule has 0 amide bonds. The summed E-state index contributed by atoms with van der Waals surface area (Å²) < 4.78 is 0. The Kier molecular flexibility index (Phi) is 4.37. The van der Waals surface area contributed by atoms with Gasteiger partial charge in [0.2, 0.25) is 0 Å². The zero-order chi connectivity index (χ0) is 12.8. The van der Waals surface area contributed by atoms with E-state index >= 15 is 0 Å². The Balaban J connectivity index is 2.22. The Bertz CT molecular complexity index is 511. The molecule has 0 spiro atoms. The minimum absolute atomic E-state index is 0.0867. The number of hydrogen-bond donors (Lipinski definition) is 1. The van der Waals surface area contributed by atoms with Crippen molar-refractivity contribution in [2.45, 2.75) is 12.5 Å². The van der Waals surface area contributed by atoms with Crippen LogP contribution in [0.5, 0.6) is 0 Å². The highest BCUT2D eigenvalue weighted by Crippen LogP contribution is 2.26. The Morgan fingerprint density at radius 2 is 2.00 bits per heavy atom. The van der Waals surface area contributed by atoms with E-state index in [1.54, 1.807) is 6.20 Å². The van der Waals surface area contributed by atoms with Crippen molar-refractivity contribution in [1.82, 2.24) is 4.98 Å². The summed E-state index contributed by atoms with van der Waals surface area (Å²) in [6.45, 7) is 3.79. The average Bonchev–Trinajstić information content (AvgIpc) is 2.42. The van der Waals surface area contributed by atoms with Crippen LogP contribution >= 0.6 is 11.6 Å². The van der Waals surface area contributed by atoms with Crippen LogP contribution in [-0.4, -0.2) is 4.98 Å². The molecule has 0 aliphatic heterocycles. The van der Waals surface area contributed by atoms with E-state index in [1.807, 2.05) is 48.5 Å².